The van der Waals surface area contributed by atoms with Crippen LogP contribution in [0.1, 0.15) is 38.7 Å². The minimum Gasteiger partial charge on any atom is -0.480 e. The minimum absolute atomic E-state index is 0.00289. The molecule has 2 rings (SSSR count). The lowest BCUT2D eigenvalue weighted by atomic mass is 10.0. The Hall–Kier alpha value is -2.08. The minimum atomic E-state index is -0.824. The van der Waals surface area contributed by atoms with Gasteiger partial charge in [0, 0.05) is 18.6 Å². The summed E-state index contributed by atoms with van der Waals surface area (Å²) in [5, 5.41) is 9.10. The number of piperidine rings is 1. The maximum Gasteiger partial charge on any atom is 0.410 e. The number of aliphatic carboxylic acids is 1. The van der Waals surface area contributed by atoms with Crippen molar-refractivity contribution in [3.05, 3.63) is 35.9 Å². The molecule has 25 heavy (non-hydrogen) atoms. The zero-order chi connectivity index (χ0) is 18.2. The molecule has 1 aromatic carbocycles. The number of carbonyl (C=O) groups is 2. The number of hydrogen-bond donors (Lipinski definition) is 1. The van der Waals surface area contributed by atoms with Crippen LogP contribution in [0.5, 0.6) is 0 Å². The molecule has 6 heteroatoms. The predicted molar refractivity (Wildman–Crippen MR) is 95.3 cm³/mol. The van der Waals surface area contributed by atoms with E-state index in [9.17, 15) is 9.59 Å². The number of carbonyl (C=O) groups excluding carboxylic acids is 1. The number of carboxylic acids is 1. The molecule has 1 saturated heterocycles. The van der Waals surface area contributed by atoms with Crippen molar-refractivity contribution in [1.82, 2.24) is 9.80 Å². The molecule has 6 nitrogen and oxygen atoms in total. The highest BCUT2D eigenvalue weighted by Gasteiger charge is 2.29. The summed E-state index contributed by atoms with van der Waals surface area (Å²) in [6.45, 7) is 5.44. The lowest BCUT2D eigenvalue weighted by Crippen LogP contribution is -2.51. The molecule has 1 amide bonds. The Morgan fingerprint density at radius 1 is 1.28 bits per heavy atom. The van der Waals surface area contributed by atoms with Crippen LogP contribution in [0.15, 0.2) is 30.3 Å². The fraction of sp³-hybridized carbons (Fsp3) is 0.579. The monoisotopic (exact) mass is 348 g/mol. The topological polar surface area (TPSA) is 70.1 Å². The van der Waals surface area contributed by atoms with Gasteiger partial charge in [-0.15, -0.1) is 0 Å². The van der Waals surface area contributed by atoms with Gasteiger partial charge in [-0.25, -0.2) is 4.79 Å². The molecule has 1 aromatic rings. The van der Waals surface area contributed by atoms with Gasteiger partial charge in [-0.3, -0.25) is 9.69 Å². The van der Waals surface area contributed by atoms with Crippen molar-refractivity contribution < 1.29 is 19.4 Å². The summed E-state index contributed by atoms with van der Waals surface area (Å²) in [6.07, 6.45) is 2.62. The molecule has 0 saturated carbocycles. The molecule has 1 fully saturated rings. The Kier molecular flexibility index (Phi) is 7.25. The van der Waals surface area contributed by atoms with E-state index >= 15 is 0 Å². The van der Waals surface area contributed by atoms with Gasteiger partial charge in [0.2, 0.25) is 0 Å². The standard InChI is InChI=1S/C19H28N2O4/c1-15(2)21(19(24)25-14-16-8-4-3-5-9-16)12-17-10-6-7-11-20(17)13-18(22)23/h3-5,8-9,15,17H,6-7,10-14H2,1-2H3,(H,22,23)/t17-/m0/s1. The summed E-state index contributed by atoms with van der Waals surface area (Å²) < 4.78 is 5.46. The van der Waals surface area contributed by atoms with Crippen LogP contribution in [-0.2, 0) is 16.1 Å². The van der Waals surface area contributed by atoms with E-state index in [1.54, 1.807) is 4.90 Å². The Labute approximate surface area is 149 Å². The molecule has 0 spiro atoms. The van der Waals surface area contributed by atoms with Crippen molar-refractivity contribution in [3.63, 3.8) is 0 Å². The lowest BCUT2D eigenvalue weighted by Gasteiger charge is -2.38. The molecule has 1 aliphatic heterocycles. The molecule has 0 aliphatic carbocycles. The van der Waals surface area contributed by atoms with Crippen LogP contribution in [0, 0.1) is 0 Å². The molecule has 1 atom stereocenters. The van der Waals surface area contributed by atoms with Crippen molar-refractivity contribution in [2.45, 2.75) is 51.8 Å². The number of nitrogens with zero attached hydrogens (tertiary/aromatic N) is 2. The van der Waals surface area contributed by atoms with Crippen LogP contribution in [-0.4, -0.2) is 58.7 Å². The van der Waals surface area contributed by atoms with Gasteiger partial charge in [0.05, 0.1) is 6.54 Å². The van der Waals surface area contributed by atoms with Crippen LogP contribution in [0.3, 0.4) is 0 Å². The van der Waals surface area contributed by atoms with E-state index in [2.05, 4.69) is 0 Å². The van der Waals surface area contributed by atoms with E-state index in [1.807, 2.05) is 49.1 Å². The molecule has 1 N–H and O–H groups in total. The Morgan fingerprint density at radius 3 is 2.64 bits per heavy atom. The molecule has 0 bridgehead atoms. The van der Waals surface area contributed by atoms with Gasteiger partial charge in [-0.2, -0.15) is 0 Å². The highest BCUT2D eigenvalue weighted by molar-refractivity contribution is 5.69. The molecular weight excluding hydrogens is 320 g/mol. The summed E-state index contributed by atoms with van der Waals surface area (Å²) in [5.41, 5.74) is 0.949. The zero-order valence-corrected chi connectivity index (χ0v) is 15.1. The molecule has 138 valence electrons. The van der Waals surface area contributed by atoms with E-state index in [-0.39, 0.29) is 31.3 Å². The summed E-state index contributed by atoms with van der Waals surface area (Å²) >= 11 is 0. The van der Waals surface area contributed by atoms with Crippen LogP contribution < -0.4 is 0 Å². The molecular formula is C19H28N2O4. The molecule has 0 radical (unpaired) electrons. The highest BCUT2D eigenvalue weighted by Crippen LogP contribution is 2.19. The first-order chi connectivity index (χ1) is 12.0. The van der Waals surface area contributed by atoms with Gasteiger partial charge in [0.25, 0.3) is 0 Å². The Balaban J connectivity index is 1.96. The van der Waals surface area contributed by atoms with Gasteiger partial charge < -0.3 is 14.7 Å². The van der Waals surface area contributed by atoms with Gasteiger partial charge in [0.15, 0.2) is 0 Å². The summed E-state index contributed by atoms with van der Waals surface area (Å²) in [5.74, 6) is -0.824. The second kappa shape index (κ2) is 9.42. The smallest absolute Gasteiger partial charge is 0.410 e. The number of ether oxygens (including phenoxy) is 1. The van der Waals surface area contributed by atoms with Gasteiger partial charge in [-0.05, 0) is 38.8 Å². The Bertz CT molecular complexity index is 562. The number of carboxylic acid groups (broad SMARTS) is 1. The second-order valence-electron chi connectivity index (χ2n) is 6.80. The van der Waals surface area contributed by atoms with Crippen molar-refractivity contribution in [3.8, 4) is 0 Å². The van der Waals surface area contributed by atoms with Crippen LogP contribution in [0.4, 0.5) is 4.79 Å². The summed E-state index contributed by atoms with van der Waals surface area (Å²) in [4.78, 5) is 27.3. The maximum absolute atomic E-state index is 12.5. The van der Waals surface area contributed by atoms with Crippen molar-refractivity contribution in [2.75, 3.05) is 19.6 Å². The molecule has 0 aromatic heterocycles. The van der Waals surface area contributed by atoms with Gasteiger partial charge in [-0.1, -0.05) is 36.8 Å². The third-order valence-corrected chi connectivity index (χ3v) is 4.56. The second-order valence-corrected chi connectivity index (χ2v) is 6.80. The lowest BCUT2D eigenvalue weighted by molar-refractivity contribution is -0.139. The van der Waals surface area contributed by atoms with E-state index in [0.717, 1.165) is 31.4 Å². The van der Waals surface area contributed by atoms with Crippen LogP contribution in [0.25, 0.3) is 0 Å². The first kappa shape index (κ1) is 19.2. The van der Waals surface area contributed by atoms with E-state index in [1.165, 1.54) is 0 Å². The number of benzene rings is 1. The quantitative estimate of drug-likeness (QED) is 0.820. The fourth-order valence-corrected chi connectivity index (χ4v) is 3.17. The number of likely N-dealkylation sites (tertiary alicyclic amines) is 1. The Morgan fingerprint density at radius 2 is 2.00 bits per heavy atom. The first-order valence-electron chi connectivity index (χ1n) is 8.90. The van der Waals surface area contributed by atoms with E-state index < -0.39 is 5.97 Å². The average molecular weight is 348 g/mol. The average Bonchev–Trinajstić information content (AvgIpc) is 2.59. The predicted octanol–water partition coefficient (Wildman–Crippen LogP) is 2.97. The maximum atomic E-state index is 12.5. The largest absolute Gasteiger partial charge is 0.480 e. The van der Waals surface area contributed by atoms with Crippen molar-refractivity contribution >= 4 is 12.1 Å². The van der Waals surface area contributed by atoms with Crippen LogP contribution >= 0.6 is 0 Å². The summed E-state index contributed by atoms with van der Waals surface area (Å²) in [6, 6.07) is 9.65. The molecule has 1 heterocycles. The molecule has 0 unspecified atom stereocenters. The SMILES string of the molecule is CC(C)N(C[C@@H]1CCCCN1CC(=O)O)C(=O)OCc1ccccc1. The van der Waals surface area contributed by atoms with E-state index in [0.29, 0.717) is 6.54 Å². The number of amides is 1. The normalized spacial score (nSPS) is 18.1. The summed E-state index contributed by atoms with van der Waals surface area (Å²) in [7, 11) is 0. The highest BCUT2D eigenvalue weighted by atomic mass is 16.6. The van der Waals surface area contributed by atoms with Gasteiger partial charge in [0.1, 0.15) is 6.61 Å². The van der Waals surface area contributed by atoms with Gasteiger partial charge >= 0.3 is 12.1 Å². The first-order valence-corrected chi connectivity index (χ1v) is 8.90. The third-order valence-electron chi connectivity index (χ3n) is 4.56. The molecule has 1 aliphatic rings. The third kappa shape index (κ3) is 6.05. The van der Waals surface area contributed by atoms with E-state index in [4.69, 9.17) is 9.84 Å². The fourth-order valence-electron chi connectivity index (χ4n) is 3.17. The van der Waals surface area contributed by atoms with Crippen molar-refractivity contribution in [1.29, 1.82) is 0 Å². The number of rotatable bonds is 7. The zero-order valence-electron chi connectivity index (χ0n) is 15.1. The van der Waals surface area contributed by atoms with Crippen LogP contribution in [0.2, 0.25) is 0 Å². The van der Waals surface area contributed by atoms with Crippen molar-refractivity contribution in [2.24, 2.45) is 0 Å². The number of hydrogen-bond acceptors (Lipinski definition) is 4.